The molecule has 2 aromatic carbocycles. The average Bonchev–Trinajstić information content (AvgIpc) is 2.58. The van der Waals surface area contributed by atoms with Gasteiger partial charge in [-0.2, -0.15) is 0 Å². The van der Waals surface area contributed by atoms with E-state index in [1.807, 2.05) is 0 Å². The van der Waals surface area contributed by atoms with Crippen LogP contribution in [-0.4, -0.2) is 33.0 Å². The zero-order valence-electron chi connectivity index (χ0n) is 15.4. The van der Waals surface area contributed by atoms with Gasteiger partial charge in [0.15, 0.2) is 0 Å². The third-order valence-electron chi connectivity index (χ3n) is 3.75. The summed E-state index contributed by atoms with van der Waals surface area (Å²) in [7, 11) is -3.84. The van der Waals surface area contributed by atoms with E-state index in [0.717, 1.165) is 22.7 Å². The predicted molar refractivity (Wildman–Crippen MR) is 105 cm³/mol. The molecule has 0 heterocycles. The maximum absolute atomic E-state index is 12.7. The molecule has 1 N–H and O–H groups in total. The summed E-state index contributed by atoms with van der Waals surface area (Å²) >= 11 is 5.94. The minimum absolute atomic E-state index is 0.140. The molecule has 0 aliphatic heterocycles. The molecule has 6 nitrogen and oxygen atoms in total. The number of nitrogens with zero attached hydrogens (tertiary/aromatic N) is 1. The Morgan fingerprint density at radius 2 is 1.83 bits per heavy atom. The van der Waals surface area contributed by atoms with E-state index in [2.05, 4.69) is 10.1 Å². The van der Waals surface area contributed by atoms with Gasteiger partial charge in [0, 0.05) is 10.7 Å². The van der Waals surface area contributed by atoms with Gasteiger partial charge in [0.1, 0.15) is 11.8 Å². The molecule has 0 saturated carbocycles. The second-order valence-corrected chi connectivity index (χ2v) is 8.32. The van der Waals surface area contributed by atoms with Crippen LogP contribution in [0, 0.1) is 0 Å². The predicted octanol–water partition coefficient (Wildman–Crippen LogP) is 4.42. The van der Waals surface area contributed by atoms with Crippen LogP contribution in [-0.2, 0) is 14.8 Å². The van der Waals surface area contributed by atoms with Gasteiger partial charge in [-0.15, -0.1) is 13.2 Å². The lowest BCUT2D eigenvalue weighted by Crippen LogP contribution is -2.47. The topological polar surface area (TPSA) is 75.7 Å². The number of anilines is 2. The second-order valence-electron chi connectivity index (χ2n) is 6.02. The van der Waals surface area contributed by atoms with Crippen molar-refractivity contribution in [3.8, 4) is 5.75 Å². The highest BCUT2D eigenvalue weighted by Crippen LogP contribution is 2.27. The van der Waals surface area contributed by atoms with Gasteiger partial charge >= 0.3 is 6.36 Å². The quantitative estimate of drug-likeness (QED) is 0.677. The number of carbonyl (C=O) groups is 1. The molecule has 2 aromatic rings. The van der Waals surface area contributed by atoms with Crippen molar-refractivity contribution in [2.24, 2.45) is 0 Å². The van der Waals surface area contributed by atoms with E-state index in [1.54, 1.807) is 19.1 Å². The first-order valence-electron chi connectivity index (χ1n) is 8.32. The Balaban J connectivity index is 2.26. The number of rotatable bonds is 7. The van der Waals surface area contributed by atoms with E-state index < -0.39 is 34.1 Å². The molecule has 1 atom stereocenters. The summed E-state index contributed by atoms with van der Waals surface area (Å²) in [5.41, 5.74) is 0.401. The largest absolute Gasteiger partial charge is 0.573 e. The maximum Gasteiger partial charge on any atom is 0.573 e. The van der Waals surface area contributed by atoms with Crippen molar-refractivity contribution in [2.45, 2.75) is 25.7 Å². The van der Waals surface area contributed by atoms with Crippen LogP contribution < -0.4 is 14.4 Å². The minimum atomic E-state index is -4.83. The normalized spacial score (nSPS) is 12.9. The number of amides is 1. The summed E-state index contributed by atoms with van der Waals surface area (Å²) in [4.78, 5) is 12.7. The molecular formula is C18H18ClF3N2O4S. The molecule has 0 aliphatic carbocycles. The van der Waals surface area contributed by atoms with Crippen LogP contribution in [0.1, 0.15) is 13.3 Å². The van der Waals surface area contributed by atoms with Crippen molar-refractivity contribution in [3.05, 3.63) is 53.6 Å². The highest BCUT2D eigenvalue weighted by Gasteiger charge is 2.32. The molecule has 11 heteroatoms. The Morgan fingerprint density at radius 1 is 1.21 bits per heavy atom. The zero-order valence-corrected chi connectivity index (χ0v) is 17.0. The number of hydrogen-bond acceptors (Lipinski definition) is 4. The van der Waals surface area contributed by atoms with Crippen LogP contribution in [0.25, 0.3) is 0 Å². The van der Waals surface area contributed by atoms with E-state index >= 15 is 0 Å². The molecule has 158 valence electrons. The van der Waals surface area contributed by atoms with E-state index in [4.69, 9.17) is 11.6 Å². The van der Waals surface area contributed by atoms with Gasteiger partial charge in [-0.25, -0.2) is 8.42 Å². The number of nitrogens with one attached hydrogen (secondary N) is 1. The van der Waals surface area contributed by atoms with Crippen LogP contribution in [0.4, 0.5) is 24.5 Å². The number of halogens is 4. The zero-order chi connectivity index (χ0) is 21.8. The van der Waals surface area contributed by atoms with Crippen LogP contribution in [0.5, 0.6) is 5.75 Å². The van der Waals surface area contributed by atoms with Gasteiger partial charge in [0.2, 0.25) is 15.9 Å². The molecular weight excluding hydrogens is 433 g/mol. The standard InChI is InChI=1S/C18H18ClF3N2O4S/c1-3-16(24(29(2,26)27)14-6-4-5-12(19)11-14)17(25)23-13-7-9-15(10-8-13)28-18(20,21)22/h4-11,16H,3H2,1-2H3,(H,23,25)/t16-/m1/s1. The third-order valence-corrected chi connectivity index (χ3v) is 5.16. The summed E-state index contributed by atoms with van der Waals surface area (Å²) in [6, 6.07) is 9.45. The number of ether oxygens (including phenoxy) is 1. The maximum atomic E-state index is 12.7. The number of hydrogen-bond donors (Lipinski definition) is 1. The lowest BCUT2D eigenvalue weighted by atomic mass is 10.1. The second kappa shape index (κ2) is 8.91. The first-order chi connectivity index (χ1) is 13.4. The lowest BCUT2D eigenvalue weighted by molar-refractivity contribution is -0.274. The third kappa shape index (κ3) is 6.53. The Labute approximate surface area is 171 Å². The van der Waals surface area contributed by atoms with Crippen LogP contribution in [0.2, 0.25) is 5.02 Å². The summed E-state index contributed by atoms with van der Waals surface area (Å²) in [6.07, 6.45) is -3.72. The average molecular weight is 451 g/mol. The molecule has 0 unspecified atom stereocenters. The minimum Gasteiger partial charge on any atom is -0.406 e. The fourth-order valence-corrected chi connectivity index (χ4v) is 4.03. The van der Waals surface area contributed by atoms with Gasteiger partial charge in [-0.3, -0.25) is 9.10 Å². The first-order valence-corrected chi connectivity index (χ1v) is 10.5. The van der Waals surface area contributed by atoms with Crippen LogP contribution in [0.3, 0.4) is 0 Å². The highest BCUT2D eigenvalue weighted by molar-refractivity contribution is 7.92. The van der Waals surface area contributed by atoms with E-state index in [9.17, 15) is 26.4 Å². The van der Waals surface area contributed by atoms with Gasteiger partial charge in [0.25, 0.3) is 0 Å². The molecule has 2 rings (SSSR count). The molecule has 0 bridgehead atoms. The lowest BCUT2D eigenvalue weighted by Gasteiger charge is -2.30. The molecule has 0 saturated heterocycles. The number of benzene rings is 2. The SMILES string of the molecule is CC[C@H](C(=O)Nc1ccc(OC(F)(F)F)cc1)N(c1cccc(Cl)c1)S(C)(=O)=O. The van der Waals surface area contributed by atoms with Gasteiger partial charge in [-0.1, -0.05) is 24.6 Å². The fraction of sp³-hybridized carbons (Fsp3) is 0.278. The molecule has 0 radical (unpaired) electrons. The smallest absolute Gasteiger partial charge is 0.406 e. The van der Waals surface area contributed by atoms with Gasteiger partial charge in [0.05, 0.1) is 11.9 Å². The molecule has 29 heavy (non-hydrogen) atoms. The number of sulfonamides is 1. The van der Waals surface area contributed by atoms with E-state index in [-0.39, 0.29) is 17.8 Å². The van der Waals surface area contributed by atoms with Crippen molar-refractivity contribution in [3.63, 3.8) is 0 Å². The van der Waals surface area contributed by atoms with E-state index in [0.29, 0.717) is 5.02 Å². The van der Waals surface area contributed by atoms with Gasteiger partial charge in [-0.05, 0) is 48.9 Å². The highest BCUT2D eigenvalue weighted by atomic mass is 35.5. The van der Waals surface area contributed by atoms with Crippen LogP contribution in [0.15, 0.2) is 48.5 Å². The molecule has 1 amide bonds. The number of carbonyl (C=O) groups excluding carboxylic acids is 1. The Bertz CT molecular complexity index is 966. The molecule has 0 spiro atoms. The van der Waals surface area contributed by atoms with E-state index in [1.165, 1.54) is 24.3 Å². The van der Waals surface area contributed by atoms with Crippen molar-refractivity contribution in [1.29, 1.82) is 0 Å². The first kappa shape index (κ1) is 22.8. The Kier molecular flexibility index (Phi) is 7.02. The van der Waals surface area contributed by atoms with Crippen LogP contribution >= 0.6 is 11.6 Å². The Hall–Kier alpha value is -2.46. The fourth-order valence-electron chi connectivity index (χ4n) is 2.64. The Morgan fingerprint density at radius 3 is 2.31 bits per heavy atom. The summed E-state index contributed by atoms with van der Waals surface area (Å²) in [6.45, 7) is 1.63. The summed E-state index contributed by atoms with van der Waals surface area (Å²) in [5.74, 6) is -1.10. The van der Waals surface area contributed by atoms with Crippen molar-refractivity contribution < 1.29 is 31.1 Å². The molecule has 0 aliphatic rings. The molecule has 0 fully saturated rings. The summed E-state index contributed by atoms with van der Waals surface area (Å²) in [5, 5.41) is 2.80. The van der Waals surface area contributed by atoms with Crippen molar-refractivity contribution in [1.82, 2.24) is 0 Å². The molecule has 0 aromatic heterocycles. The summed E-state index contributed by atoms with van der Waals surface area (Å²) < 4.78 is 66.1. The number of alkyl halides is 3. The van der Waals surface area contributed by atoms with Crippen molar-refractivity contribution in [2.75, 3.05) is 15.9 Å². The van der Waals surface area contributed by atoms with Gasteiger partial charge < -0.3 is 10.1 Å². The monoisotopic (exact) mass is 450 g/mol. The van der Waals surface area contributed by atoms with Crippen molar-refractivity contribution >= 4 is 38.9 Å².